The van der Waals surface area contributed by atoms with E-state index in [1.165, 1.54) is 15.4 Å². The van der Waals surface area contributed by atoms with Crippen LogP contribution in [-0.2, 0) is 0 Å². The second-order valence-corrected chi connectivity index (χ2v) is 7.24. The van der Waals surface area contributed by atoms with Gasteiger partial charge in [-0.2, -0.15) is 0 Å². The molecule has 0 aliphatic carbocycles. The van der Waals surface area contributed by atoms with Crippen LogP contribution in [0.1, 0.15) is 5.56 Å². The normalized spacial score (nSPS) is 17.6. The Kier molecular flexibility index (Phi) is 4.21. The molecule has 1 fully saturated rings. The molecule has 0 aromatic heterocycles. The Balaban J connectivity index is 1.82. The van der Waals surface area contributed by atoms with Crippen LogP contribution < -0.4 is 4.74 Å². The predicted molar refractivity (Wildman–Crippen MR) is 98.8 cm³/mol. The summed E-state index contributed by atoms with van der Waals surface area (Å²) < 4.78 is 5.39. The van der Waals surface area contributed by atoms with Crippen LogP contribution in [0, 0.1) is 0 Å². The van der Waals surface area contributed by atoms with Crippen LogP contribution in [0.25, 0.3) is 0 Å². The minimum absolute atomic E-state index is 0.849. The van der Waals surface area contributed by atoms with Crippen LogP contribution in [-0.4, -0.2) is 56.0 Å². The highest BCUT2D eigenvalue weighted by Crippen LogP contribution is 2.42. The Bertz CT molecular complexity index is 782. The number of rotatable bonds is 1. The van der Waals surface area contributed by atoms with Gasteiger partial charge >= 0.3 is 0 Å². The summed E-state index contributed by atoms with van der Waals surface area (Å²) in [5.41, 5.74) is 2.21. The van der Waals surface area contributed by atoms with E-state index < -0.39 is 0 Å². The van der Waals surface area contributed by atoms with Crippen molar-refractivity contribution < 1.29 is 4.74 Å². The first-order valence-electron chi connectivity index (χ1n) is 8.22. The van der Waals surface area contributed by atoms with E-state index in [4.69, 9.17) is 9.73 Å². The summed E-state index contributed by atoms with van der Waals surface area (Å²) in [6, 6.07) is 14.7. The Morgan fingerprint density at radius 1 is 1.00 bits per heavy atom. The first-order chi connectivity index (χ1) is 11.7. The van der Waals surface area contributed by atoms with Gasteiger partial charge in [0.1, 0.15) is 11.6 Å². The average Bonchev–Trinajstić information content (AvgIpc) is 2.78. The quantitative estimate of drug-likeness (QED) is 0.795. The van der Waals surface area contributed by atoms with Gasteiger partial charge in [-0.05, 0) is 25.2 Å². The Labute approximate surface area is 147 Å². The summed E-state index contributed by atoms with van der Waals surface area (Å²) in [4.78, 5) is 12.3. The monoisotopic (exact) mass is 339 g/mol. The fourth-order valence-electron chi connectivity index (χ4n) is 3.09. The minimum atomic E-state index is 0.849. The summed E-state index contributed by atoms with van der Waals surface area (Å²) in [6.45, 7) is 4.15. The van der Waals surface area contributed by atoms with Crippen LogP contribution >= 0.6 is 11.8 Å². The lowest BCUT2D eigenvalue weighted by molar-refractivity contribution is 0.215. The molecule has 1 saturated heterocycles. The summed E-state index contributed by atoms with van der Waals surface area (Å²) >= 11 is 1.78. The van der Waals surface area contributed by atoms with Crippen molar-refractivity contribution in [2.24, 2.45) is 4.99 Å². The van der Waals surface area contributed by atoms with Crippen molar-refractivity contribution in [3.05, 3.63) is 48.0 Å². The first kappa shape index (κ1) is 15.5. The molecule has 2 aliphatic heterocycles. The molecule has 0 saturated carbocycles. The van der Waals surface area contributed by atoms with E-state index in [1.54, 1.807) is 18.9 Å². The largest absolute Gasteiger partial charge is 0.497 e. The third-order valence-corrected chi connectivity index (χ3v) is 5.68. The first-order valence-corrected chi connectivity index (χ1v) is 9.04. The van der Waals surface area contributed by atoms with Crippen molar-refractivity contribution in [2.75, 3.05) is 40.3 Å². The molecule has 124 valence electrons. The second-order valence-electron chi connectivity index (χ2n) is 6.16. The molecule has 0 spiro atoms. The van der Waals surface area contributed by atoms with Gasteiger partial charge in [-0.25, -0.2) is 4.99 Å². The molecule has 4 rings (SSSR count). The molecule has 0 N–H and O–H groups in total. The molecule has 5 heteroatoms. The van der Waals surface area contributed by atoms with E-state index in [0.717, 1.165) is 43.5 Å². The van der Waals surface area contributed by atoms with Crippen molar-refractivity contribution in [2.45, 2.75) is 9.79 Å². The number of methoxy groups -OCH3 is 1. The third-order valence-electron chi connectivity index (χ3n) is 4.54. The lowest BCUT2D eigenvalue weighted by Gasteiger charge is -2.34. The maximum atomic E-state index is 5.39. The smallest absolute Gasteiger partial charge is 0.137 e. The number of likely N-dealkylation sites (N-methyl/N-ethyl adjacent to an activating group) is 1. The third kappa shape index (κ3) is 2.89. The number of ether oxygens (including phenoxy) is 1. The molecule has 0 amide bonds. The molecular weight excluding hydrogens is 318 g/mol. The highest BCUT2D eigenvalue weighted by Gasteiger charge is 2.24. The lowest BCUT2D eigenvalue weighted by Crippen LogP contribution is -2.47. The zero-order chi connectivity index (χ0) is 16.5. The standard InChI is InChI=1S/C19H21N3OS/c1-21-9-11-22(12-10-21)19-15-5-3-4-6-17(15)24-18-8-7-14(23-2)13-16(18)20-19/h3-8,13H,9-12H2,1-2H3. The predicted octanol–water partition coefficient (Wildman–Crippen LogP) is 3.49. The van der Waals surface area contributed by atoms with Crippen molar-refractivity contribution in [1.29, 1.82) is 0 Å². The molecule has 2 aliphatic rings. The van der Waals surface area contributed by atoms with E-state index >= 15 is 0 Å². The van der Waals surface area contributed by atoms with Gasteiger partial charge < -0.3 is 14.5 Å². The summed E-state index contributed by atoms with van der Waals surface area (Å²) in [6.07, 6.45) is 0. The second kappa shape index (κ2) is 6.49. The maximum Gasteiger partial charge on any atom is 0.137 e. The highest BCUT2D eigenvalue weighted by atomic mass is 32.2. The van der Waals surface area contributed by atoms with Gasteiger partial charge in [-0.3, -0.25) is 0 Å². The molecular formula is C19H21N3OS. The van der Waals surface area contributed by atoms with E-state index in [2.05, 4.69) is 47.2 Å². The van der Waals surface area contributed by atoms with E-state index in [-0.39, 0.29) is 0 Å². The Morgan fingerprint density at radius 3 is 2.58 bits per heavy atom. The van der Waals surface area contributed by atoms with Gasteiger partial charge in [-0.15, -0.1) is 0 Å². The molecule has 24 heavy (non-hydrogen) atoms. The van der Waals surface area contributed by atoms with Gasteiger partial charge in [0, 0.05) is 47.6 Å². The van der Waals surface area contributed by atoms with Crippen LogP contribution in [0.4, 0.5) is 5.69 Å². The van der Waals surface area contributed by atoms with Gasteiger partial charge in [-0.1, -0.05) is 30.0 Å². The van der Waals surface area contributed by atoms with Crippen LogP contribution in [0.3, 0.4) is 0 Å². The maximum absolute atomic E-state index is 5.39. The van der Waals surface area contributed by atoms with E-state index in [0.29, 0.717) is 0 Å². The zero-order valence-corrected chi connectivity index (χ0v) is 14.8. The number of nitrogens with zero attached hydrogens (tertiary/aromatic N) is 3. The van der Waals surface area contributed by atoms with Crippen LogP contribution in [0.5, 0.6) is 5.75 Å². The molecule has 2 aromatic carbocycles. The number of aliphatic imine (C=N–C) groups is 1. The summed E-state index contributed by atoms with van der Waals surface area (Å²) in [7, 11) is 3.88. The molecule has 0 bridgehead atoms. The van der Waals surface area contributed by atoms with Crippen molar-refractivity contribution in [3.8, 4) is 5.75 Å². The fourth-order valence-corrected chi connectivity index (χ4v) is 4.09. The molecule has 0 unspecified atom stereocenters. The molecule has 0 atom stereocenters. The Morgan fingerprint density at radius 2 is 1.79 bits per heavy atom. The zero-order valence-electron chi connectivity index (χ0n) is 14.0. The lowest BCUT2D eigenvalue weighted by atomic mass is 10.1. The van der Waals surface area contributed by atoms with E-state index in [9.17, 15) is 0 Å². The SMILES string of the molecule is COc1ccc2c(c1)N=C(N1CCN(C)CC1)c1ccccc1S2. The molecule has 4 nitrogen and oxygen atoms in total. The summed E-state index contributed by atoms with van der Waals surface area (Å²) in [5, 5.41) is 0. The number of fused-ring (bicyclic) bond motifs is 2. The summed E-state index contributed by atoms with van der Waals surface area (Å²) in [5.74, 6) is 1.93. The number of hydrogen-bond acceptors (Lipinski definition) is 5. The topological polar surface area (TPSA) is 28.1 Å². The van der Waals surface area contributed by atoms with Crippen molar-refractivity contribution >= 4 is 23.3 Å². The van der Waals surface area contributed by atoms with Gasteiger partial charge in [0.2, 0.25) is 0 Å². The number of hydrogen-bond donors (Lipinski definition) is 0. The molecule has 0 radical (unpaired) electrons. The Hall–Kier alpha value is -1.98. The van der Waals surface area contributed by atoms with Crippen LogP contribution in [0.15, 0.2) is 57.2 Å². The number of piperazine rings is 1. The van der Waals surface area contributed by atoms with Crippen LogP contribution in [0.2, 0.25) is 0 Å². The van der Waals surface area contributed by atoms with Gasteiger partial charge in [0.25, 0.3) is 0 Å². The average molecular weight is 339 g/mol. The fraction of sp³-hybridized carbons (Fsp3) is 0.316. The molecule has 2 heterocycles. The van der Waals surface area contributed by atoms with Gasteiger partial charge in [0.05, 0.1) is 12.8 Å². The van der Waals surface area contributed by atoms with E-state index in [1.807, 2.05) is 12.1 Å². The number of benzene rings is 2. The van der Waals surface area contributed by atoms with Crippen molar-refractivity contribution in [1.82, 2.24) is 9.80 Å². The number of amidine groups is 1. The molecule has 2 aromatic rings. The minimum Gasteiger partial charge on any atom is -0.497 e. The highest BCUT2D eigenvalue weighted by molar-refractivity contribution is 7.99. The van der Waals surface area contributed by atoms with Gasteiger partial charge in [0.15, 0.2) is 0 Å². The van der Waals surface area contributed by atoms with Crippen molar-refractivity contribution in [3.63, 3.8) is 0 Å².